The standard InChI is InChI=1S/C17H18BrNO2/c1-11-5-4-6-12(2)17(11)19-10-15(20)13-7-8-16(21-3)14(18)9-13/h4-9,19H,10H2,1-3H3. The van der Waals surface area contributed by atoms with Gasteiger partial charge in [-0.2, -0.15) is 0 Å². The Morgan fingerprint density at radius 1 is 1.19 bits per heavy atom. The maximum atomic E-state index is 12.3. The molecule has 0 radical (unpaired) electrons. The van der Waals surface area contributed by atoms with Crippen LogP contribution in [0.15, 0.2) is 40.9 Å². The number of Topliss-reactive ketones (excluding diaryl/α,β-unsaturated/α-hetero) is 1. The van der Waals surface area contributed by atoms with E-state index in [0.717, 1.165) is 21.3 Å². The van der Waals surface area contributed by atoms with E-state index in [1.807, 2.05) is 32.0 Å². The van der Waals surface area contributed by atoms with Crippen LogP contribution in [0.2, 0.25) is 0 Å². The molecule has 0 aliphatic rings. The molecule has 0 fully saturated rings. The van der Waals surface area contributed by atoms with Crippen LogP contribution in [0.1, 0.15) is 21.5 Å². The molecule has 0 spiro atoms. The fraction of sp³-hybridized carbons (Fsp3) is 0.235. The van der Waals surface area contributed by atoms with Crippen molar-refractivity contribution < 1.29 is 9.53 Å². The highest BCUT2D eigenvalue weighted by molar-refractivity contribution is 9.10. The molecule has 1 N–H and O–H groups in total. The molecule has 21 heavy (non-hydrogen) atoms. The summed E-state index contributed by atoms with van der Waals surface area (Å²) >= 11 is 3.40. The summed E-state index contributed by atoms with van der Waals surface area (Å²) in [4.78, 5) is 12.3. The van der Waals surface area contributed by atoms with Gasteiger partial charge in [0.25, 0.3) is 0 Å². The summed E-state index contributed by atoms with van der Waals surface area (Å²) in [5.74, 6) is 0.760. The molecule has 0 atom stereocenters. The van der Waals surface area contributed by atoms with E-state index in [2.05, 4.69) is 21.2 Å². The number of ketones is 1. The molecule has 0 aliphatic heterocycles. The Labute approximate surface area is 133 Å². The van der Waals surface area contributed by atoms with Crippen molar-refractivity contribution in [1.82, 2.24) is 0 Å². The summed E-state index contributed by atoms with van der Waals surface area (Å²) in [5, 5.41) is 3.23. The molecule has 0 aromatic heterocycles. The predicted octanol–water partition coefficient (Wildman–Crippen LogP) is 4.37. The molecular weight excluding hydrogens is 330 g/mol. The predicted molar refractivity (Wildman–Crippen MR) is 89.4 cm³/mol. The van der Waals surface area contributed by atoms with Gasteiger partial charge in [-0.25, -0.2) is 0 Å². The first-order chi connectivity index (χ1) is 10.0. The molecule has 0 saturated heterocycles. The van der Waals surface area contributed by atoms with Crippen molar-refractivity contribution >= 4 is 27.4 Å². The van der Waals surface area contributed by atoms with Crippen LogP contribution in [0.3, 0.4) is 0 Å². The first-order valence-electron chi connectivity index (χ1n) is 6.69. The minimum Gasteiger partial charge on any atom is -0.496 e. The number of ether oxygens (including phenoxy) is 1. The summed E-state index contributed by atoms with van der Waals surface area (Å²) in [6, 6.07) is 11.4. The summed E-state index contributed by atoms with van der Waals surface area (Å²) in [6.07, 6.45) is 0. The van der Waals surface area contributed by atoms with E-state index in [0.29, 0.717) is 11.3 Å². The Morgan fingerprint density at radius 3 is 2.43 bits per heavy atom. The van der Waals surface area contributed by atoms with Crippen molar-refractivity contribution in [3.8, 4) is 5.75 Å². The molecule has 2 rings (SSSR count). The summed E-state index contributed by atoms with van der Waals surface area (Å²) in [5.41, 5.74) is 3.96. The van der Waals surface area contributed by atoms with Gasteiger partial charge < -0.3 is 10.1 Å². The van der Waals surface area contributed by atoms with Crippen LogP contribution in [0.4, 0.5) is 5.69 Å². The number of para-hydroxylation sites is 1. The third-order valence-corrected chi connectivity index (χ3v) is 4.00. The molecule has 0 heterocycles. The van der Waals surface area contributed by atoms with Crippen molar-refractivity contribution in [3.05, 3.63) is 57.6 Å². The molecule has 2 aromatic carbocycles. The zero-order valence-electron chi connectivity index (χ0n) is 12.4. The van der Waals surface area contributed by atoms with Crippen molar-refractivity contribution in [3.63, 3.8) is 0 Å². The molecule has 0 aliphatic carbocycles. The lowest BCUT2D eigenvalue weighted by Gasteiger charge is -2.12. The fourth-order valence-electron chi connectivity index (χ4n) is 2.20. The lowest BCUT2D eigenvalue weighted by atomic mass is 10.1. The first kappa shape index (κ1) is 15.6. The van der Waals surface area contributed by atoms with E-state index in [1.165, 1.54) is 0 Å². The summed E-state index contributed by atoms with van der Waals surface area (Å²) in [7, 11) is 1.60. The van der Waals surface area contributed by atoms with Crippen LogP contribution in [-0.4, -0.2) is 19.4 Å². The van der Waals surface area contributed by atoms with Crippen LogP contribution in [0, 0.1) is 13.8 Å². The number of rotatable bonds is 5. The second kappa shape index (κ2) is 6.76. The largest absolute Gasteiger partial charge is 0.496 e. The highest BCUT2D eigenvalue weighted by atomic mass is 79.9. The molecule has 0 saturated carbocycles. The van der Waals surface area contributed by atoms with Gasteiger partial charge >= 0.3 is 0 Å². The van der Waals surface area contributed by atoms with Crippen molar-refractivity contribution in [1.29, 1.82) is 0 Å². The van der Waals surface area contributed by atoms with E-state index in [-0.39, 0.29) is 12.3 Å². The van der Waals surface area contributed by atoms with Gasteiger partial charge in [0.2, 0.25) is 0 Å². The Hall–Kier alpha value is -1.81. The maximum Gasteiger partial charge on any atom is 0.181 e. The number of benzene rings is 2. The number of hydrogen-bond acceptors (Lipinski definition) is 3. The molecule has 0 amide bonds. The molecular formula is C17H18BrNO2. The monoisotopic (exact) mass is 347 g/mol. The Morgan fingerprint density at radius 2 is 1.86 bits per heavy atom. The number of halogens is 1. The van der Waals surface area contributed by atoms with Gasteiger partial charge in [-0.05, 0) is 59.1 Å². The van der Waals surface area contributed by atoms with E-state index < -0.39 is 0 Å². The van der Waals surface area contributed by atoms with E-state index >= 15 is 0 Å². The smallest absolute Gasteiger partial charge is 0.181 e. The zero-order valence-corrected chi connectivity index (χ0v) is 14.0. The van der Waals surface area contributed by atoms with Gasteiger partial charge in [0.1, 0.15) is 5.75 Å². The average Bonchev–Trinajstić information content (AvgIpc) is 2.46. The van der Waals surface area contributed by atoms with Gasteiger partial charge in [0, 0.05) is 11.3 Å². The van der Waals surface area contributed by atoms with Crippen molar-refractivity contribution in [2.24, 2.45) is 0 Å². The van der Waals surface area contributed by atoms with Gasteiger partial charge in [0.15, 0.2) is 5.78 Å². The molecule has 0 unspecified atom stereocenters. The summed E-state index contributed by atoms with van der Waals surface area (Å²) in [6.45, 7) is 4.33. The maximum absolute atomic E-state index is 12.3. The highest BCUT2D eigenvalue weighted by Gasteiger charge is 2.10. The number of carbonyl (C=O) groups is 1. The third-order valence-electron chi connectivity index (χ3n) is 3.38. The van der Waals surface area contributed by atoms with Crippen LogP contribution in [0.5, 0.6) is 5.75 Å². The minimum atomic E-state index is 0.0426. The van der Waals surface area contributed by atoms with Gasteiger partial charge in [-0.1, -0.05) is 18.2 Å². The van der Waals surface area contributed by atoms with Crippen LogP contribution >= 0.6 is 15.9 Å². The highest BCUT2D eigenvalue weighted by Crippen LogP contribution is 2.26. The molecule has 110 valence electrons. The lowest BCUT2D eigenvalue weighted by molar-refractivity contribution is 0.101. The number of anilines is 1. The molecule has 0 bridgehead atoms. The normalized spacial score (nSPS) is 10.3. The van der Waals surface area contributed by atoms with Crippen molar-refractivity contribution in [2.45, 2.75) is 13.8 Å². The first-order valence-corrected chi connectivity index (χ1v) is 7.49. The van der Waals surface area contributed by atoms with Gasteiger partial charge in [-0.15, -0.1) is 0 Å². The van der Waals surface area contributed by atoms with Crippen LogP contribution in [0.25, 0.3) is 0 Å². The Balaban J connectivity index is 2.10. The summed E-state index contributed by atoms with van der Waals surface area (Å²) < 4.78 is 5.95. The number of hydrogen-bond donors (Lipinski definition) is 1. The topological polar surface area (TPSA) is 38.3 Å². The van der Waals surface area contributed by atoms with E-state index in [4.69, 9.17) is 4.74 Å². The SMILES string of the molecule is COc1ccc(C(=O)CNc2c(C)cccc2C)cc1Br. The fourth-order valence-corrected chi connectivity index (χ4v) is 2.74. The third kappa shape index (κ3) is 3.64. The number of methoxy groups -OCH3 is 1. The van der Waals surface area contributed by atoms with E-state index in [1.54, 1.807) is 25.3 Å². The second-order valence-electron chi connectivity index (χ2n) is 4.89. The van der Waals surface area contributed by atoms with Gasteiger partial charge in [-0.3, -0.25) is 4.79 Å². The molecule has 2 aromatic rings. The second-order valence-corrected chi connectivity index (χ2v) is 5.75. The van der Waals surface area contributed by atoms with Crippen molar-refractivity contribution in [2.75, 3.05) is 19.0 Å². The molecule has 4 heteroatoms. The quantitative estimate of drug-likeness (QED) is 0.816. The lowest BCUT2D eigenvalue weighted by Crippen LogP contribution is -2.15. The number of aryl methyl sites for hydroxylation is 2. The van der Waals surface area contributed by atoms with Gasteiger partial charge in [0.05, 0.1) is 18.1 Å². The Bertz CT molecular complexity index is 648. The number of carbonyl (C=O) groups excluding carboxylic acids is 1. The minimum absolute atomic E-state index is 0.0426. The number of nitrogens with one attached hydrogen (secondary N) is 1. The molecule has 3 nitrogen and oxygen atoms in total. The van der Waals surface area contributed by atoms with E-state index in [9.17, 15) is 4.79 Å². The van der Waals surface area contributed by atoms with Crippen LogP contribution in [-0.2, 0) is 0 Å². The Kier molecular flexibility index (Phi) is 5.02. The zero-order chi connectivity index (χ0) is 15.4. The van der Waals surface area contributed by atoms with Crippen LogP contribution < -0.4 is 10.1 Å². The average molecular weight is 348 g/mol.